The Hall–Kier alpha value is -2.38. The lowest BCUT2D eigenvalue weighted by molar-refractivity contribution is -0.131. The fourth-order valence-electron chi connectivity index (χ4n) is 3.58. The van der Waals surface area contributed by atoms with Crippen molar-refractivity contribution < 1.29 is 4.79 Å². The molecule has 1 atom stereocenters. The number of pyridine rings is 1. The molecule has 0 radical (unpaired) electrons. The Labute approximate surface area is 179 Å². The SMILES string of the molecule is CC1CCCCN1C(=O)CSc1nnc(-c2ccncc2)n1-c1cccc(Cl)c1. The minimum absolute atomic E-state index is 0.147. The van der Waals surface area contributed by atoms with E-state index >= 15 is 0 Å². The van der Waals surface area contributed by atoms with Gasteiger partial charge in [-0.25, -0.2) is 0 Å². The van der Waals surface area contributed by atoms with E-state index in [1.165, 1.54) is 18.2 Å². The summed E-state index contributed by atoms with van der Waals surface area (Å²) in [6, 6.07) is 11.6. The van der Waals surface area contributed by atoms with Crippen LogP contribution in [0.3, 0.4) is 0 Å². The second-order valence-corrected chi connectivity index (χ2v) is 8.46. The number of likely N-dealkylation sites (tertiary alicyclic amines) is 1. The first-order valence-corrected chi connectivity index (χ1v) is 11.0. The summed E-state index contributed by atoms with van der Waals surface area (Å²) in [6.07, 6.45) is 6.78. The minimum atomic E-state index is 0.147. The summed E-state index contributed by atoms with van der Waals surface area (Å²) in [7, 11) is 0. The standard InChI is InChI=1S/C21H22ClN5OS/c1-15-5-2-3-12-26(15)19(28)14-29-21-25-24-20(16-8-10-23-11-9-16)27(21)18-7-4-6-17(22)13-18/h4,6-11,13,15H,2-3,5,12,14H2,1H3. The van der Waals surface area contributed by atoms with E-state index in [4.69, 9.17) is 11.6 Å². The first-order chi connectivity index (χ1) is 14.1. The molecule has 2 aromatic heterocycles. The van der Waals surface area contributed by atoms with Crippen molar-refractivity contribution in [2.45, 2.75) is 37.4 Å². The molecule has 4 rings (SSSR count). The summed E-state index contributed by atoms with van der Waals surface area (Å²) >= 11 is 7.63. The van der Waals surface area contributed by atoms with Crippen molar-refractivity contribution in [3.05, 3.63) is 53.8 Å². The molecule has 1 unspecified atom stereocenters. The van der Waals surface area contributed by atoms with Crippen LogP contribution in [0.4, 0.5) is 0 Å². The fourth-order valence-corrected chi connectivity index (χ4v) is 4.60. The maximum Gasteiger partial charge on any atom is 0.233 e. The van der Waals surface area contributed by atoms with Gasteiger partial charge in [0, 0.05) is 35.6 Å². The van der Waals surface area contributed by atoms with Crippen molar-refractivity contribution in [3.8, 4) is 17.1 Å². The third-order valence-corrected chi connectivity index (χ3v) is 6.24. The zero-order valence-electron chi connectivity index (χ0n) is 16.2. The quantitative estimate of drug-likeness (QED) is 0.562. The molecule has 29 heavy (non-hydrogen) atoms. The van der Waals surface area contributed by atoms with Gasteiger partial charge in [0.25, 0.3) is 0 Å². The zero-order chi connectivity index (χ0) is 20.2. The van der Waals surface area contributed by atoms with Gasteiger partial charge in [-0.05, 0) is 56.5 Å². The van der Waals surface area contributed by atoms with E-state index in [9.17, 15) is 4.79 Å². The fraction of sp³-hybridized carbons (Fsp3) is 0.333. The third kappa shape index (κ3) is 4.46. The van der Waals surface area contributed by atoms with Gasteiger partial charge in [-0.15, -0.1) is 10.2 Å². The van der Waals surface area contributed by atoms with E-state index in [0.29, 0.717) is 27.8 Å². The van der Waals surface area contributed by atoms with Crippen LogP contribution >= 0.6 is 23.4 Å². The minimum Gasteiger partial charge on any atom is -0.339 e. The average molecular weight is 428 g/mol. The number of carbonyl (C=O) groups excluding carboxylic acids is 1. The van der Waals surface area contributed by atoms with Gasteiger partial charge in [0.15, 0.2) is 11.0 Å². The maximum absolute atomic E-state index is 12.8. The number of piperidine rings is 1. The number of hydrogen-bond acceptors (Lipinski definition) is 5. The highest BCUT2D eigenvalue weighted by Gasteiger charge is 2.24. The number of hydrogen-bond donors (Lipinski definition) is 0. The number of carbonyl (C=O) groups is 1. The molecule has 6 nitrogen and oxygen atoms in total. The molecular formula is C21H22ClN5OS. The van der Waals surface area contributed by atoms with Crippen molar-refractivity contribution in [3.63, 3.8) is 0 Å². The second-order valence-electron chi connectivity index (χ2n) is 7.08. The molecule has 0 saturated carbocycles. The van der Waals surface area contributed by atoms with Gasteiger partial charge >= 0.3 is 0 Å². The smallest absolute Gasteiger partial charge is 0.233 e. The van der Waals surface area contributed by atoms with Crippen LogP contribution in [0.25, 0.3) is 17.1 Å². The van der Waals surface area contributed by atoms with Crippen molar-refractivity contribution in [1.29, 1.82) is 0 Å². The summed E-state index contributed by atoms with van der Waals surface area (Å²) in [5.74, 6) is 1.17. The van der Waals surface area contributed by atoms with Gasteiger partial charge in [0.05, 0.1) is 11.4 Å². The second kappa shape index (κ2) is 8.97. The Morgan fingerprint density at radius 2 is 2.03 bits per heavy atom. The van der Waals surface area contributed by atoms with Gasteiger partial charge in [0.2, 0.25) is 5.91 Å². The average Bonchev–Trinajstić information content (AvgIpc) is 3.17. The van der Waals surface area contributed by atoms with Crippen LogP contribution in [0.2, 0.25) is 5.02 Å². The predicted octanol–water partition coefficient (Wildman–Crippen LogP) is 4.48. The number of aromatic nitrogens is 4. The first-order valence-electron chi connectivity index (χ1n) is 9.67. The molecule has 0 bridgehead atoms. The van der Waals surface area contributed by atoms with Crippen molar-refractivity contribution in [2.24, 2.45) is 0 Å². The molecule has 3 aromatic rings. The summed E-state index contributed by atoms with van der Waals surface area (Å²) in [4.78, 5) is 18.8. The number of halogens is 1. The Kier molecular flexibility index (Phi) is 6.16. The molecule has 1 fully saturated rings. The Bertz CT molecular complexity index is 994. The molecule has 1 amide bonds. The number of amides is 1. The molecule has 1 saturated heterocycles. The van der Waals surface area contributed by atoms with Gasteiger partial charge < -0.3 is 4.90 Å². The molecular weight excluding hydrogens is 406 g/mol. The van der Waals surface area contributed by atoms with Crippen LogP contribution in [-0.4, -0.2) is 48.9 Å². The molecule has 1 aliphatic rings. The molecule has 1 aromatic carbocycles. The lowest BCUT2D eigenvalue weighted by Crippen LogP contribution is -2.42. The number of thioether (sulfide) groups is 1. The summed E-state index contributed by atoms with van der Waals surface area (Å²) < 4.78 is 1.94. The lowest BCUT2D eigenvalue weighted by atomic mass is 10.0. The highest BCUT2D eigenvalue weighted by atomic mass is 35.5. The van der Waals surface area contributed by atoms with Crippen LogP contribution in [0.1, 0.15) is 26.2 Å². The molecule has 0 spiro atoms. The molecule has 150 valence electrons. The van der Waals surface area contributed by atoms with Gasteiger partial charge in [-0.2, -0.15) is 0 Å². The zero-order valence-corrected chi connectivity index (χ0v) is 17.7. The molecule has 0 aliphatic carbocycles. The number of benzene rings is 1. The molecule has 3 heterocycles. The predicted molar refractivity (Wildman–Crippen MR) is 115 cm³/mol. The highest BCUT2D eigenvalue weighted by molar-refractivity contribution is 7.99. The van der Waals surface area contributed by atoms with Gasteiger partial charge in [0.1, 0.15) is 0 Å². The van der Waals surface area contributed by atoms with E-state index in [2.05, 4.69) is 22.1 Å². The summed E-state index contributed by atoms with van der Waals surface area (Å²) in [6.45, 7) is 2.96. The van der Waals surface area contributed by atoms with Crippen LogP contribution in [0.15, 0.2) is 53.9 Å². The van der Waals surface area contributed by atoms with E-state index < -0.39 is 0 Å². The molecule has 0 N–H and O–H groups in total. The topological polar surface area (TPSA) is 63.9 Å². The van der Waals surface area contributed by atoms with Gasteiger partial charge in [-0.3, -0.25) is 14.3 Å². The number of nitrogens with zero attached hydrogens (tertiary/aromatic N) is 5. The van der Waals surface area contributed by atoms with Crippen LogP contribution in [0, 0.1) is 0 Å². The van der Waals surface area contributed by atoms with Crippen LogP contribution < -0.4 is 0 Å². The third-order valence-electron chi connectivity index (χ3n) is 5.09. The normalized spacial score (nSPS) is 16.8. The van der Waals surface area contributed by atoms with Gasteiger partial charge in [-0.1, -0.05) is 29.4 Å². The largest absolute Gasteiger partial charge is 0.339 e. The highest BCUT2D eigenvalue weighted by Crippen LogP contribution is 2.29. The van der Waals surface area contributed by atoms with E-state index in [-0.39, 0.29) is 5.91 Å². The maximum atomic E-state index is 12.8. The molecule has 8 heteroatoms. The van der Waals surface area contributed by atoms with Crippen molar-refractivity contribution >= 4 is 29.3 Å². The van der Waals surface area contributed by atoms with Crippen LogP contribution in [0.5, 0.6) is 0 Å². The van der Waals surface area contributed by atoms with Crippen LogP contribution in [-0.2, 0) is 4.79 Å². The first kappa shape index (κ1) is 19.9. The monoisotopic (exact) mass is 427 g/mol. The van der Waals surface area contributed by atoms with Crippen molar-refractivity contribution in [2.75, 3.05) is 12.3 Å². The van der Waals surface area contributed by atoms with Crippen molar-refractivity contribution in [1.82, 2.24) is 24.6 Å². The number of rotatable bonds is 5. The van der Waals surface area contributed by atoms with E-state index in [0.717, 1.165) is 30.6 Å². The Morgan fingerprint density at radius 3 is 2.79 bits per heavy atom. The summed E-state index contributed by atoms with van der Waals surface area (Å²) in [5.41, 5.74) is 1.76. The lowest BCUT2D eigenvalue weighted by Gasteiger charge is -2.33. The Morgan fingerprint density at radius 1 is 1.21 bits per heavy atom. The van der Waals surface area contributed by atoms with E-state index in [1.54, 1.807) is 12.4 Å². The van der Waals surface area contributed by atoms with E-state index in [1.807, 2.05) is 45.9 Å². The Balaban J connectivity index is 1.63. The summed E-state index contributed by atoms with van der Waals surface area (Å²) in [5, 5.41) is 10.1. The molecule has 1 aliphatic heterocycles.